The Morgan fingerprint density at radius 1 is 0.931 bits per heavy atom. The maximum absolute atomic E-state index is 12.7. The molecule has 5 heteroatoms. The van der Waals surface area contributed by atoms with E-state index in [0.717, 1.165) is 22.0 Å². The van der Waals surface area contributed by atoms with Crippen LogP contribution in [0.5, 0.6) is 0 Å². The first-order valence-corrected chi connectivity index (χ1v) is 10.0. The van der Waals surface area contributed by atoms with Gasteiger partial charge in [-0.1, -0.05) is 48.5 Å². The van der Waals surface area contributed by atoms with Gasteiger partial charge in [-0.15, -0.1) is 0 Å². The molecule has 1 N–H and O–H groups in total. The molecule has 3 aromatic carbocycles. The zero-order valence-corrected chi connectivity index (χ0v) is 16.8. The van der Waals surface area contributed by atoms with Crippen LogP contribution >= 0.6 is 0 Å². The first-order chi connectivity index (χ1) is 14.1. The van der Waals surface area contributed by atoms with Gasteiger partial charge in [-0.25, -0.2) is 4.79 Å². The fourth-order valence-electron chi connectivity index (χ4n) is 3.88. The van der Waals surface area contributed by atoms with Crippen LogP contribution in [0.25, 0.3) is 21.8 Å². The summed E-state index contributed by atoms with van der Waals surface area (Å²) in [6.45, 7) is 4.91. The summed E-state index contributed by atoms with van der Waals surface area (Å²) < 4.78 is 3.43. The van der Waals surface area contributed by atoms with Gasteiger partial charge in [-0.3, -0.25) is 13.9 Å². The van der Waals surface area contributed by atoms with Crippen LogP contribution < -0.4 is 11.0 Å². The van der Waals surface area contributed by atoms with E-state index >= 15 is 0 Å². The minimum Gasteiger partial charge on any atom is -0.350 e. The number of fused-ring (bicyclic) bond motifs is 2. The van der Waals surface area contributed by atoms with E-state index in [-0.39, 0.29) is 24.1 Å². The topological polar surface area (TPSA) is 56.0 Å². The molecule has 4 rings (SSSR count). The zero-order chi connectivity index (χ0) is 20.4. The summed E-state index contributed by atoms with van der Waals surface area (Å²) in [7, 11) is 0. The lowest BCUT2D eigenvalue weighted by atomic mass is 10.0. The maximum Gasteiger partial charge on any atom is 0.329 e. The molecule has 4 aromatic rings. The third kappa shape index (κ3) is 3.68. The van der Waals surface area contributed by atoms with E-state index in [1.807, 2.05) is 56.3 Å². The molecule has 1 amide bonds. The van der Waals surface area contributed by atoms with Crippen molar-refractivity contribution < 1.29 is 4.79 Å². The monoisotopic (exact) mass is 387 g/mol. The predicted molar refractivity (Wildman–Crippen MR) is 117 cm³/mol. The van der Waals surface area contributed by atoms with E-state index in [1.54, 1.807) is 9.13 Å². The minimum absolute atomic E-state index is 0.0640. The number of rotatable bonds is 6. The lowest BCUT2D eigenvalue weighted by molar-refractivity contribution is -0.121. The van der Waals surface area contributed by atoms with Gasteiger partial charge in [0.2, 0.25) is 5.91 Å². The van der Waals surface area contributed by atoms with Gasteiger partial charge in [0.25, 0.3) is 0 Å². The third-order valence-corrected chi connectivity index (χ3v) is 5.45. The number of imidazole rings is 1. The van der Waals surface area contributed by atoms with Crippen LogP contribution in [0, 0.1) is 0 Å². The van der Waals surface area contributed by atoms with Crippen molar-refractivity contribution >= 4 is 27.7 Å². The molecule has 1 atom stereocenters. The Balaban J connectivity index is 1.47. The molecule has 1 heterocycles. The molecule has 0 aliphatic heterocycles. The van der Waals surface area contributed by atoms with Gasteiger partial charge >= 0.3 is 5.69 Å². The highest BCUT2D eigenvalue weighted by molar-refractivity contribution is 5.83. The summed E-state index contributed by atoms with van der Waals surface area (Å²) in [5.41, 5.74) is 2.78. The van der Waals surface area contributed by atoms with E-state index in [0.29, 0.717) is 13.1 Å². The summed E-state index contributed by atoms with van der Waals surface area (Å²) in [6, 6.07) is 22.0. The van der Waals surface area contributed by atoms with Gasteiger partial charge in [0, 0.05) is 19.5 Å². The third-order valence-electron chi connectivity index (χ3n) is 5.45. The molecule has 0 spiro atoms. The number of carbonyl (C=O) groups excluding carboxylic acids is 1. The van der Waals surface area contributed by atoms with Gasteiger partial charge in [0.15, 0.2) is 0 Å². The predicted octanol–water partition coefficient (Wildman–Crippen LogP) is 4.24. The van der Waals surface area contributed by atoms with E-state index < -0.39 is 0 Å². The molecule has 0 saturated heterocycles. The number of carbonyl (C=O) groups is 1. The molecule has 0 fully saturated rings. The zero-order valence-electron chi connectivity index (χ0n) is 16.8. The summed E-state index contributed by atoms with van der Waals surface area (Å²) in [6.07, 6.45) is 0.259. The summed E-state index contributed by atoms with van der Waals surface area (Å²) >= 11 is 0. The number of amides is 1. The van der Waals surface area contributed by atoms with Gasteiger partial charge in [0.05, 0.1) is 17.1 Å². The lowest BCUT2D eigenvalue weighted by Gasteiger charge is -2.15. The quantitative estimate of drug-likeness (QED) is 0.538. The number of hydrogen-bond donors (Lipinski definition) is 1. The number of nitrogens with zero attached hydrogens (tertiary/aromatic N) is 2. The van der Waals surface area contributed by atoms with Crippen molar-refractivity contribution in [3.8, 4) is 0 Å². The van der Waals surface area contributed by atoms with Gasteiger partial charge < -0.3 is 5.32 Å². The van der Waals surface area contributed by atoms with E-state index in [4.69, 9.17) is 0 Å². The van der Waals surface area contributed by atoms with Crippen LogP contribution in [0.3, 0.4) is 0 Å². The minimum atomic E-state index is -0.0965. The van der Waals surface area contributed by atoms with Gasteiger partial charge in [-0.2, -0.15) is 0 Å². The Labute approximate surface area is 169 Å². The van der Waals surface area contributed by atoms with E-state index in [2.05, 4.69) is 29.6 Å². The van der Waals surface area contributed by atoms with Crippen LogP contribution in [0.1, 0.15) is 31.9 Å². The molecule has 1 aromatic heterocycles. The number of benzene rings is 3. The molecule has 0 aliphatic carbocycles. The van der Waals surface area contributed by atoms with Crippen LogP contribution in [-0.2, 0) is 17.9 Å². The number of nitrogens with one attached hydrogen (secondary N) is 1. The standard InChI is InChI=1S/C24H25N3O2/c1-3-26-21-10-6-7-11-22(21)27(24(26)29)15-14-23(28)25-17(2)19-13-12-18-8-4-5-9-20(18)16-19/h4-13,16-17H,3,14-15H2,1-2H3,(H,25,28). The molecular weight excluding hydrogens is 362 g/mol. The molecule has 0 radical (unpaired) electrons. The first-order valence-electron chi connectivity index (χ1n) is 10.0. The Morgan fingerprint density at radius 2 is 1.59 bits per heavy atom. The second kappa shape index (κ2) is 7.95. The van der Waals surface area contributed by atoms with Crippen molar-refractivity contribution in [1.29, 1.82) is 0 Å². The highest BCUT2D eigenvalue weighted by atomic mass is 16.2. The highest BCUT2D eigenvalue weighted by Crippen LogP contribution is 2.20. The lowest BCUT2D eigenvalue weighted by Crippen LogP contribution is -2.30. The molecule has 1 unspecified atom stereocenters. The number of hydrogen-bond acceptors (Lipinski definition) is 2. The fourth-order valence-corrected chi connectivity index (χ4v) is 3.88. The number of para-hydroxylation sites is 2. The molecule has 148 valence electrons. The van der Waals surface area contributed by atoms with E-state index in [1.165, 1.54) is 5.39 Å². The molecule has 0 bridgehead atoms. The normalized spacial score (nSPS) is 12.3. The molecule has 29 heavy (non-hydrogen) atoms. The second-order valence-corrected chi connectivity index (χ2v) is 7.31. The van der Waals surface area contributed by atoms with Crippen molar-refractivity contribution in [3.63, 3.8) is 0 Å². The number of aromatic nitrogens is 2. The van der Waals surface area contributed by atoms with Crippen LogP contribution in [0.4, 0.5) is 0 Å². The van der Waals surface area contributed by atoms with Gasteiger partial charge in [-0.05, 0) is 48.4 Å². The van der Waals surface area contributed by atoms with Crippen LogP contribution in [-0.4, -0.2) is 15.0 Å². The average Bonchev–Trinajstić information content (AvgIpc) is 3.02. The maximum atomic E-state index is 12.7. The van der Waals surface area contributed by atoms with Crippen molar-refractivity contribution in [2.45, 2.75) is 39.4 Å². The van der Waals surface area contributed by atoms with Crippen molar-refractivity contribution in [1.82, 2.24) is 14.5 Å². The van der Waals surface area contributed by atoms with Gasteiger partial charge in [0.1, 0.15) is 0 Å². The largest absolute Gasteiger partial charge is 0.350 e. The SMILES string of the molecule is CCn1c(=O)n(CCC(=O)NC(C)c2ccc3ccccc3c2)c2ccccc21. The van der Waals surface area contributed by atoms with Crippen molar-refractivity contribution in [2.24, 2.45) is 0 Å². The van der Waals surface area contributed by atoms with Crippen molar-refractivity contribution in [3.05, 3.63) is 82.8 Å². The Bertz CT molecular complexity index is 1240. The smallest absolute Gasteiger partial charge is 0.329 e. The van der Waals surface area contributed by atoms with Crippen molar-refractivity contribution in [2.75, 3.05) is 0 Å². The Kier molecular flexibility index (Phi) is 5.21. The number of aryl methyl sites for hydroxylation is 2. The second-order valence-electron chi connectivity index (χ2n) is 7.31. The summed E-state index contributed by atoms with van der Waals surface area (Å²) in [5.74, 6) is -0.0640. The van der Waals surface area contributed by atoms with Crippen LogP contribution in [0.2, 0.25) is 0 Å². The summed E-state index contributed by atoms with van der Waals surface area (Å²) in [5, 5.41) is 5.40. The van der Waals surface area contributed by atoms with E-state index in [9.17, 15) is 9.59 Å². The summed E-state index contributed by atoms with van der Waals surface area (Å²) in [4.78, 5) is 25.2. The molecular formula is C24H25N3O2. The first kappa shape index (κ1) is 19.0. The molecule has 5 nitrogen and oxygen atoms in total. The molecule has 0 aliphatic rings. The molecule has 0 saturated carbocycles. The van der Waals surface area contributed by atoms with Crippen LogP contribution in [0.15, 0.2) is 71.5 Å². The highest BCUT2D eigenvalue weighted by Gasteiger charge is 2.14. The Hall–Kier alpha value is -3.34. The average molecular weight is 387 g/mol. The fraction of sp³-hybridized carbons (Fsp3) is 0.250. The Morgan fingerprint density at radius 3 is 2.31 bits per heavy atom.